The van der Waals surface area contributed by atoms with Gasteiger partial charge in [-0.3, -0.25) is 4.79 Å². The van der Waals surface area contributed by atoms with Crippen molar-refractivity contribution in [2.45, 2.75) is 10.1 Å². The van der Waals surface area contributed by atoms with Crippen LogP contribution in [0.25, 0.3) is 11.0 Å². The molecule has 6 heteroatoms. The summed E-state index contributed by atoms with van der Waals surface area (Å²) in [6, 6.07) is 13.0. The van der Waals surface area contributed by atoms with E-state index in [2.05, 4.69) is 15.3 Å². The maximum atomic E-state index is 11.9. The number of H-pyrrole nitrogens is 1. The maximum absolute atomic E-state index is 11.9. The molecule has 3 rings (SSSR count). The molecular formula is C15H14N4OS. The van der Waals surface area contributed by atoms with Crippen LogP contribution in [-0.4, -0.2) is 22.9 Å². The van der Waals surface area contributed by atoms with Gasteiger partial charge in [0, 0.05) is 17.6 Å². The van der Waals surface area contributed by atoms with Crippen molar-refractivity contribution < 1.29 is 4.79 Å². The van der Waals surface area contributed by atoms with E-state index in [4.69, 9.17) is 5.73 Å². The SMILES string of the molecule is CNC(=O)c1ccc(N)cc1Sc1nc2ccccc2[nH]1. The predicted molar refractivity (Wildman–Crippen MR) is 84.5 cm³/mol. The van der Waals surface area contributed by atoms with E-state index in [0.29, 0.717) is 11.3 Å². The lowest BCUT2D eigenvalue weighted by Gasteiger charge is -2.07. The van der Waals surface area contributed by atoms with Gasteiger partial charge in [0.15, 0.2) is 5.16 Å². The molecule has 0 radical (unpaired) electrons. The minimum Gasteiger partial charge on any atom is -0.399 e. The normalized spacial score (nSPS) is 10.7. The molecule has 0 fully saturated rings. The molecule has 2 aromatic carbocycles. The second-order valence-corrected chi connectivity index (χ2v) is 5.53. The first-order chi connectivity index (χ1) is 10.2. The van der Waals surface area contributed by atoms with Gasteiger partial charge >= 0.3 is 0 Å². The van der Waals surface area contributed by atoms with E-state index in [1.165, 1.54) is 11.8 Å². The summed E-state index contributed by atoms with van der Waals surface area (Å²) in [5, 5.41) is 3.36. The quantitative estimate of drug-likeness (QED) is 0.649. The van der Waals surface area contributed by atoms with Crippen LogP contribution in [0, 0.1) is 0 Å². The summed E-state index contributed by atoms with van der Waals surface area (Å²) < 4.78 is 0. The number of carbonyl (C=O) groups is 1. The molecule has 5 nitrogen and oxygen atoms in total. The van der Waals surface area contributed by atoms with Gasteiger partial charge in [-0.1, -0.05) is 23.9 Å². The second kappa shape index (κ2) is 5.49. The number of hydrogen-bond acceptors (Lipinski definition) is 4. The lowest BCUT2D eigenvalue weighted by molar-refractivity contribution is 0.0960. The minimum atomic E-state index is -0.145. The number of rotatable bonds is 3. The Bertz CT molecular complexity index is 779. The number of nitrogens with two attached hydrogens (primary N) is 1. The molecule has 0 spiro atoms. The Labute approximate surface area is 126 Å². The maximum Gasteiger partial charge on any atom is 0.252 e. The van der Waals surface area contributed by atoms with E-state index in [1.807, 2.05) is 24.3 Å². The molecule has 3 aromatic rings. The number of aromatic amines is 1. The Morgan fingerprint density at radius 2 is 2.10 bits per heavy atom. The number of nitrogens with one attached hydrogen (secondary N) is 2. The van der Waals surface area contributed by atoms with E-state index in [0.717, 1.165) is 21.1 Å². The number of benzene rings is 2. The van der Waals surface area contributed by atoms with Crippen LogP contribution >= 0.6 is 11.8 Å². The molecule has 0 unspecified atom stereocenters. The van der Waals surface area contributed by atoms with Crippen molar-refractivity contribution in [2.75, 3.05) is 12.8 Å². The van der Waals surface area contributed by atoms with Gasteiger partial charge in [-0.05, 0) is 30.3 Å². The van der Waals surface area contributed by atoms with Crippen LogP contribution in [-0.2, 0) is 0 Å². The fourth-order valence-corrected chi connectivity index (χ4v) is 3.01. The van der Waals surface area contributed by atoms with Crippen LogP contribution in [0.5, 0.6) is 0 Å². The Kier molecular flexibility index (Phi) is 3.53. The molecule has 0 aliphatic rings. The first-order valence-electron chi connectivity index (χ1n) is 6.41. The Balaban J connectivity index is 2.00. The third-order valence-electron chi connectivity index (χ3n) is 3.05. The molecule has 1 aromatic heterocycles. The van der Waals surface area contributed by atoms with Crippen molar-refractivity contribution in [3.63, 3.8) is 0 Å². The van der Waals surface area contributed by atoms with Gasteiger partial charge in [-0.15, -0.1) is 0 Å². The zero-order valence-corrected chi connectivity index (χ0v) is 12.2. The summed E-state index contributed by atoms with van der Waals surface area (Å²) >= 11 is 1.39. The second-order valence-electron chi connectivity index (χ2n) is 4.50. The fraction of sp³-hybridized carbons (Fsp3) is 0.0667. The number of nitrogens with zero attached hydrogens (tertiary/aromatic N) is 1. The van der Waals surface area contributed by atoms with Crippen LogP contribution in [0.2, 0.25) is 0 Å². The molecule has 0 bridgehead atoms. The molecule has 0 aliphatic heterocycles. The standard InChI is InChI=1S/C15H14N4OS/c1-17-14(20)10-7-6-9(16)8-13(10)21-15-18-11-4-2-3-5-12(11)19-15/h2-8H,16H2,1H3,(H,17,20)(H,18,19). The van der Waals surface area contributed by atoms with Crippen molar-refractivity contribution >= 4 is 34.4 Å². The van der Waals surface area contributed by atoms with Crippen molar-refractivity contribution in [2.24, 2.45) is 0 Å². The average molecular weight is 298 g/mol. The van der Waals surface area contributed by atoms with E-state index < -0.39 is 0 Å². The Morgan fingerprint density at radius 1 is 1.29 bits per heavy atom. The first-order valence-corrected chi connectivity index (χ1v) is 7.23. The van der Waals surface area contributed by atoms with Gasteiger partial charge in [0.2, 0.25) is 0 Å². The summed E-state index contributed by atoms with van der Waals surface area (Å²) in [5.74, 6) is -0.145. The topological polar surface area (TPSA) is 83.8 Å². The summed E-state index contributed by atoms with van der Waals surface area (Å²) in [5.41, 5.74) is 8.87. The fourth-order valence-electron chi connectivity index (χ4n) is 2.03. The van der Waals surface area contributed by atoms with Gasteiger partial charge in [-0.2, -0.15) is 0 Å². The molecule has 21 heavy (non-hydrogen) atoms. The largest absolute Gasteiger partial charge is 0.399 e. The molecule has 106 valence electrons. The van der Waals surface area contributed by atoms with E-state index in [1.54, 1.807) is 25.2 Å². The summed E-state index contributed by atoms with van der Waals surface area (Å²) in [7, 11) is 1.61. The summed E-state index contributed by atoms with van der Waals surface area (Å²) in [6.07, 6.45) is 0. The molecule has 0 atom stereocenters. The molecule has 0 saturated heterocycles. The number of aromatic nitrogens is 2. The van der Waals surface area contributed by atoms with Gasteiger partial charge in [0.05, 0.1) is 16.6 Å². The highest BCUT2D eigenvalue weighted by molar-refractivity contribution is 7.99. The van der Waals surface area contributed by atoms with Gasteiger partial charge in [0.25, 0.3) is 5.91 Å². The number of anilines is 1. The van der Waals surface area contributed by atoms with Crippen LogP contribution in [0.15, 0.2) is 52.5 Å². The van der Waals surface area contributed by atoms with Crippen molar-refractivity contribution in [3.8, 4) is 0 Å². The molecule has 4 N–H and O–H groups in total. The Hall–Kier alpha value is -2.47. The molecular weight excluding hydrogens is 284 g/mol. The van der Waals surface area contributed by atoms with Gasteiger partial charge in [-0.25, -0.2) is 4.98 Å². The predicted octanol–water partition coefficient (Wildman–Crippen LogP) is 2.66. The number of fused-ring (bicyclic) bond motifs is 1. The Morgan fingerprint density at radius 3 is 2.86 bits per heavy atom. The number of carbonyl (C=O) groups excluding carboxylic acids is 1. The third-order valence-corrected chi connectivity index (χ3v) is 4.00. The highest BCUT2D eigenvalue weighted by Gasteiger charge is 2.13. The number of hydrogen-bond donors (Lipinski definition) is 3. The van der Waals surface area contributed by atoms with E-state index in [9.17, 15) is 4.79 Å². The smallest absolute Gasteiger partial charge is 0.252 e. The highest BCUT2D eigenvalue weighted by Crippen LogP contribution is 2.31. The van der Waals surface area contributed by atoms with Gasteiger partial charge < -0.3 is 16.0 Å². The highest BCUT2D eigenvalue weighted by atomic mass is 32.2. The molecule has 0 aliphatic carbocycles. The number of para-hydroxylation sites is 2. The zero-order valence-electron chi connectivity index (χ0n) is 11.4. The van der Waals surface area contributed by atoms with Crippen molar-refractivity contribution in [3.05, 3.63) is 48.0 Å². The van der Waals surface area contributed by atoms with E-state index in [-0.39, 0.29) is 5.91 Å². The van der Waals surface area contributed by atoms with Crippen molar-refractivity contribution in [1.82, 2.24) is 15.3 Å². The number of nitrogen functional groups attached to an aromatic ring is 1. The van der Waals surface area contributed by atoms with Crippen LogP contribution in [0.1, 0.15) is 10.4 Å². The molecule has 1 amide bonds. The van der Waals surface area contributed by atoms with Crippen molar-refractivity contribution in [1.29, 1.82) is 0 Å². The third kappa shape index (κ3) is 2.71. The monoisotopic (exact) mass is 298 g/mol. The summed E-state index contributed by atoms with van der Waals surface area (Å²) in [4.78, 5) is 20.4. The first kappa shape index (κ1) is 13.5. The molecule has 0 saturated carbocycles. The zero-order chi connectivity index (χ0) is 14.8. The summed E-state index contributed by atoms with van der Waals surface area (Å²) in [6.45, 7) is 0. The lowest BCUT2D eigenvalue weighted by atomic mass is 10.2. The lowest BCUT2D eigenvalue weighted by Crippen LogP contribution is -2.18. The van der Waals surface area contributed by atoms with Crippen LogP contribution in [0.4, 0.5) is 5.69 Å². The number of amides is 1. The van der Waals surface area contributed by atoms with Crippen LogP contribution < -0.4 is 11.1 Å². The minimum absolute atomic E-state index is 0.145. The molecule has 1 heterocycles. The van der Waals surface area contributed by atoms with Gasteiger partial charge in [0.1, 0.15) is 0 Å². The average Bonchev–Trinajstić information content (AvgIpc) is 2.89. The van der Waals surface area contributed by atoms with Crippen LogP contribution in [0.3, 0.4) is 0 Å². The number of imidazole rings is 1. The van der Waals surface area contributed by atoms with E-state index >= 15 is 0 Å².